The van der Waals surface area contributed by atoms with Crippen molar-refractivity contribution in [1.29, 1.82) is 0 Å². The smallest absolute Gasteiger partial charge is 0.271 e. The van der Waals surface area contributed by atoms with Crippen LogP contribution in [-0.4, -0.2) is 28.8 Å². The van der Waals surface area contributed by atoms with Crippen LogP contribution in [0.25, 0.3) is 0 Å². The lowest BCUT2D eigenvalue weighted by Crippen LogP contribution is -2.27. The number of amides is 1. The molecule has 0 saturated carbocycles. The molecule has 2 N–H and O–H groups in total. The van der Waals surface area contributed by atoms with E-state index in [2.05, 4.69) is 15.5 Å². The molecule has 1 aromatic heterocycles. The van der Waals surface area contributed by atoms with Gasteiger partial charge in [0.25, 0.3) is 11.5 Å². The molecule has 0 spiro atoms. The Kier molecular flexibility index (Phi) is 5.30. The first-order valence-electron chi connectivity index (χ1n) is 7.14. The predicted octanol–water partition coefficient (Wildman–Crippen LogP) is 1.53. The topological polar surface area (TPSA) is 84.1 Å². The van der Waals surface area contributed by atoms with E-state index < -0.39 is 0 Å². The molecule has 116 valence electrons. The van der Waals surface area contributed by atoms with Crippen LogP contribution < -0.4 is 15.6 Å². The maximum Gasteiger partial charge on any atom is 0.271 e. The number of H-pyrrole nitrogens is 1. The van der Waals surface area contributed by atoms with Crippen LogP contribution in [0.1, 0.15) is 29.9 Å². The minimum atomic E-state index is -0.333. The Morgan fingerprint density at radius 2 is 1.95 bits per heavy atom. The van der Waals surface area contributed by atoms with Crippen molar-refractivity contribution in [3.05, 3.63) is 58.0 Å². The maximum atomic E-state index is 11.8. The van der Waals surface area contributed by atoms with E-state index in [1.54, 1.807) is 0 Å². The molecule has 0 aliphatic heterocycles. The fourth-order valence-electron chi connectivity index (χ4n) is 1.89. The number of carbonyl (C=O) groups is 1. The van der Waals surface area contributed by atoms with Gasteiger partial charge in [0.1, 0.15) is 11.4 Å². The number of carbonyl (C=O) groups excluding carboxylic acids is 1. The Morgan fingerprint density at radius 1 is 1.23 bits per heavy atom. The number of ether oxygens (including phenoxy) is 1. The van der Waals surface area contributed by atoms with Gasteiger partial charge in [0, 0.05) is 12.6 Å². The molecule has 6 heteroatoms. The van der Waals surface area contributed by atoms with Gasteiger partial charge in [0.05, 0.1) is 6.10 Å². The number of aromatic amines is 1. The Labute approximate surface area is 128 Å². The lowest BCUT2D eigenvalue weighted by molar-refractivity contribution is 0.0948. The monoisotopic (exact) mass is 301 g/mol. The molecule has 0 saturated heterocycles. The summed E-state index contributed by atoms with van der Waals surface area (Å²) in [5, 5.41) is 8.67. The van der Waals surface area contributed by atoms with Gasteiger partial charge in [-0.05, 0) is 44.0 Å². The standard InChI is InChI=1S/C16H19N3O3/c1-11(2)22-13-5-3-12(4-6-13)9-10-17-16(21)14-7-8-15(20)19-18-14/h3-8,11H,9-10H2,1-2H3,(H,17,21)(H,19,20). The third kappa shape index (κ3) is 4.73. The molecule has 2 rings (SSSR count). The highest BCUT2D eigenvalue weighted by atomic mass is 16.5. The highest BCUT2D eigenvalue weighted by Crippen LogP contribution is 2.13. The Hall–Kier alpha value is -2.63. The van der Waals surface area contributed by atoms with Crippen molar-refractivity contribution in [1.82, 2.24) is 15.5 Å². The quantitative estimate of drug-likeness (QED) is 0.847. The summed E-state index contributed by atoms with van der Waals surface area (Å²) in [4.78, 5) is 22.7. The van der Waals surface area contributed by atoms with Crippen LogP contribution in [0.2, 0.25) is 0 Å². The van der Waals surface area contributed by atoms with E-state index in [0.29, 0.717) is 13.0 Å². The van der Waals surface area contributed by atoms with Crippen LogP contribution >= 0.6 is 0 Å². The van der Waals surface area contributed by atoms with Crippen LogP contribution in [0.15, 0.2) is 41.2 Å². The minimum absolute atomic E-state index is 0.148. The molecule has 1 aromatic carbocycles. The maximum absolute atomic E-state index is 11.8. The van der Waals surface area contributed by atoms with Crippen molar-refractivity contribution < 1.29 is 9.53 Å². The normalized spacial score (nSPS) is 10.5. The number of rotatable bonds is 6. The van der Waals surface area contributed by atoms with E-state index in [-0.39, 0.29) is 23.3 Å². The summed E-state index contributed by atoms with van der Waals surface area (Å²) in [6.45, 7) is 4.45. The largest absolute Gasteiger partial charge is 0.491 e. The molecule has 1 heterocycles. The molecule has 22 heavy (non-hydrogen) atoms. The number of hydrogen-bond donors (Lipinski definition) is 2. The van der Waals surface area contributed by atoms with Crippen molar-refractivity contribution in [3.63, 3.8) is 0 Å². The fraction of sp³-hybridized carbons (Fsp3) is 0.312. The number of nitrogens with zero attached hydrogens (tertiary/aromatic N) is 1. The van der Waals surface area contributed by atoms with Crippen LogP contribution in [0.3, 0.4) is 0 Å². The second-order valence-corrected chi connectivity index (χ2v) is 5.12. The van der Waals surface area contributed by atoms with Gasteiger partial charge >= 0.3 is 0 Å². The molecule has 6 nitrogen and oxygen atoms in total. The van der Waals surface area contributed by atoms with Crippen molar-refractivity contribution >= 4 is 5.91 Å². The molecule has 0 aliphatic carbocycles. The Bertz CT molecular complexity index is 657. The van der Waals surface area contributed by atoms with Gasteiger partial charge in [-0.2, -0.15) is 5.10 Å². The van der Waals surface area contributed by atoms with E-state index in [1.165, 1.54) is 12.1 Å². The lowest BCUT2D eigenvalue weighted by Gasteiger charge is -2.10. The van der Waals surface area contributed by atoms with Gasteiger partial charge in [-0.15, -0.1) is 0 Å². The zero-order valence-electron chi connectivity index (χ0n) is 12.6. The first-order chi connectivity index (χ1) is 10.5. The molecule has 0 fully saturated rings. The van der Waals surface area contributed by atoms with Gasteiger partial charge in [0.2, 0.25) is 0 Å². The molecule has 1 amide bonds. The average molecular weight is 301 g/mol. The summed E-state index contributed by atoms with van der Waals surface area (Å²) in [6, 6.07) is 10.5. The molecule has 2 aromatic rings. The molecule has 0 radical (unpaired) electrons. The van der Waals surface area contributed by atoms with Crippen LogP contribution in [0.4, 0.5) is 0 Å². The number of benzene rings is 1. The highest BCUT2D eigenvalue weighted by Gasteiger charge is 2.06. The van der Waals surface area contributed by atoms with Gasteiger partial charge in [-0.3, -0.25) is 9.59 Å². The molecular weight excluding hydrogens is 282 g/mol. The van der Waals surface area contributed by atoms with Gasteiger partial charge < -0.3 is 10.1 Å². The third-order valence-electron chi connectivity index (χ3n) is 2.91. The third-order valence-corrected chi connectivity index (χ3v) is 2.91. The van der Waals surface area contributed by atoms with E-state index in [1.807, 2.05) is 38.1 Å². The highest BCUT2D eigenvalue weighted by molar-refractivity contribution is 5.91. The number of nitrogens with one attached hydrogen (secondary N) is 2. The zero-order chi connectivity index (χ0) is 15.9. The van der Waals surface area contributed by atoms with Crippen molar-refractivity contribution in [2.45, 2.75) is 26.4 Å². The van der Waals surface area contributed by atoms with Gasteiger partial charge in [0.15, 0.2) is 0 Å². The molecule has 0 unspecified atom stereocenters. The summed E-state index contributed by atoms with van der Waals surface area (Å²) >= 11 is 0. The molecule has 0 atom stereocenters. The van der Waals surface area contributed by atoms with E-state index in [9.17, 15) is 9.59 Å². The summed E-state index contributed by atoms with van der Waals surface area (Å²) in [7, 11) is 0. The van der Waals surface area contributed by atoms with E-state index in [0.717, 1.165) is 11.3 Å². The van der Waals surface area contributed by atoms with Gasteiger partial charge in [-0.25, -0.2) is 5.10 Å². The molecular formula is C16H19N3O3. The molecule has 0 bridgehead atoms. The second-order valence-electron chi connectivity index (χ2n) is 5.12. The van der Waals surface area contributed by atoms with Crippen LogP contribution in [-0.2, 0) is 6.42 Å². The predicted molar refractivity (Wildman–Crippen MR) is 83.1 cm³/mol. The number of hydrogen-bond acceptors (Lipinski definition) is 4. The lowest BCUT2D eigenvalue weighted by atomic mass is 10.1. The number of aromatic nitrogens is 2. The zero-order valence-corrected chi connectivity index (χ0v) is 12.6. The SMILES string of the molecule is CC(C)Oc1ccc(CCNC(=O)c2ccc(=O)[nH]n2)cc1. The van der Waals surface area contributed by atoms with E-state index >= 15 is 0 Å². The summed E-state index contributed by atoms with van der Waals surface area (Å²) < 4.78 is 5.57. The fourth-order valence-corrected chi connectivity index (χ4v) is 1.89. The summed E-state index contributed by atoms with van der Waals surface area (Å²) in [6.07, 6.45) is 0.854. The van der Waals surface area contributed by atoms with Gasteiger partial charge in [-0.1, -0.05) is 12.1 Å². The minimum Gasteiger partial charge on any atom is -0.491 e. The Morgan fingerprint density at radius 3 is 2.55 bits per heavy atom. The van der Waals surface area contributed by atoms with Crippen molar-refractivity contribution in [2.24, 2.45) is 0 Å². The first kappa shape index (κ1) is 15.8. The van der Waals surface area contributed by atoms with E-state index in [4.69, 9.17) is 4.74 Å². The second kappa shape index (κ2) is 7.40. The van der Waals surface area contributed by atoms with Crippen molar-refractivity contribution in [3.8, 4) is 5.75 Å². The summed E-state index contributed by atoms with van der Waals surface area (Å²) in [5.41, 5.74) is 0.964. The summed E-state index contributed by atoms with van der Waals surface area (Å²) in [5.74, 6) is 0.524. The van der Waals surface area contributed by atoms with Crippen LogP contribution in [0, 0.1) is 0 Å². The average Bonchev–Trinajstić information content (AvgIpc) is 2.49. The Balaban J connectivity index is 1.82. The molecule has 0 aliphatic rings. The van der Waals surface area contributed by atoms with Crippen LogP contribution in [0.5, 0.6) is 5.75 Å². The first-order valence-corrected chi connectivity index (χ1v) is 7.14. The van der Waals surface area contributed by atoms with Crippen molar-refractivity contribution in [2.75, 3.05) is 6.54 Å².